The minimum absolute atomic E-state index is 0.550. The zero-order chi connectivity index (χ0) is 11.7. The summed E-state index contributed by atoms with van der Waals surface area (Å²) < 4.78 is 2.65. The molecule has 1 unspecified atom stereocenters. The normalized spacial score (nSPS) is 12.9. The van der Waals surface area contributed by atoms with Crippen molar-refractivity contribution < 1.29 is 9.90 Å². The smallest absolute Gasteiger partial charge is 0.316 e. The molecular weight excluding hydrogens is 294 g/mol. The first-order chi connectivity index (χ1) is 7.58. The van der Waals surface area contributed by atoms with E-state index >= 15 is 0 Å². The van der Waals surface area contributed by atoms with Crippen molar-refractivity contribution in [3.63, 3.8) is 0 Å². The van der Waals surface area contributed by atoms with Gasteiger partial charge in [-0.2, -0.15) is 0 Å². The predicted octanol–water partition coefficient (Wildman–Crippen LogP) is 2.06. The maximum absolute atomic E-state index is 10.7. The number of aliphatic carboxylic acids is 1. The molecule has 0 saturated carbocycles. The van der Waals surface area contributed by atoms with E-state index in [0.717, 1.165) is 4.47 Å². The molecule has 2 aromatic heterocycles. The number of rotatable bonds is 3. The number of carboxylic acids is 1. The van der Waals surface area contributed by atoms with Gasteiger partial charge in [-0.3, -0.25) is 9.20 Å². The zero-order valence-electron chi connectivity index (χ0n) is 8.29. The third-order valence-electron chi connectivity index (χ3n) is 1.96. The second kappa shape index (κ2) is 4.42. The number of halogens is 1. The molecule has 0 aromatic carbocycles. The van der Waals surface area contributed by atoms with Crippen LogP contribution in [-0.4, -0.2) is 30.9 Å². The van der Waals surface area contributed by atoms with Gasteiger partial charge in [0.05, 0.1) is 0 Å². The Kier molecular flexibility index (Phi) is 3.15. The number of fused-ring (bicyclic) bond motifs is 1. The topological polar surface area (TPSA) is 67.5 Å². The Morgan fingerprint density at radius 2 is 2.31 bits per heavy atom. The van der Waals surface area contributed by atoms with Crippen LogP contribution in [0.1, 0.15) is 6.92 Å². The Labute approximate surface area is 104 Å². The lowest BCUT2D eigenvalue weighted by molar-refractivity contribution is -0.136. The van der Waals surface area contributed by atoms with Crippen molar-refractivity contribution in [1.82, 2.24) is 14.6 Å². The molecule has 0 fully saturated rings. The van der Waals surface area contributed by atoms with Crippen LogP contribution in [-0.2, 0) is 4.79 Å². The van der Waals surface area contributed by atoms with Crippen LogP contribution in [0.4, 0.5) is 0 Å². The lowest BCUT2D eigenvalue weighted by Crippen LogP contribution is -2.11. The van der Waals surface area contributed by atoms with Gasteiger partial charge in [-0.25, -0.2) is 0 Å². The third kappa shape index (κ3) is 2.19. The lowest BCUT2D eigenvalue weighted by atomic mass is 10.5. The summed E-state index contributed by atoms with van der Waals surface area (Å²) in [5.41, 5.74) is 0.697. The quantitative estimate of drug-likeness (QED) is 0.879. The highest BCUT2D eigenvalue weighted by molar-refractivity contribution is 9.10. The van der Waals surface area contributed by atoms with E-state index in [1.807, 2.05) is 18.3 Å². The maximum Gasteiger partial charge on any atom is 0.316 e. The highest BCUT2D eigenvalue weighted by atomic mass is 79.9. The SMILES string of the molecule is CC(Sc1nnc2ccc(Br)cn12)C(=O)O. The number of nitrogens with zero attached hydrogens (tertiary/aromatic N) is 3. The molecule has 2 aromatic rings. The summed E-state index contributed by atoms with van der Waals surface area (Å²) in [5.74, 6) is -0.864. The fraction of sp³-hybridized carbons (Fsp3) is 0.222. The third-order valence-corrected chi connectivity index (χ3v) is 3.48. The van der Waals surface area contributed by atoms with Gasteiger partial charge in [0.15, 0.2) is 10.8 Å². The summed E-state index contributed by atoms with van der Waals surface area (Å²) in [6.07, 6.45) is 1.81. The van der Waals surface area contributed by atoms with Crippen molar-refractivity contribution >= 4 is 39.3 Å². The van der Waals surface area contributed by atoms with Crippen LogP contribution in [0.5, 0.6) is 0 Å². The molecular formula is C9H8BrN3O2S. The first kappa shape index (κ1) is 11.4. The number of hydrogen-bond donors (Lipinski definition) is 1. The van der Waals surface area contributed by atoms with Crippen molar-refractivity contribution in [3.8, 4) is 0 Å². The molecule has 0 saturated heterocycles. The van der Waals surface area contributed by atoms with Crippen molar-refractivity contribution in [2.75, 3.05) is 0 Å². The molecule has 2 heterocycles. The fourth-order valence-electron chi connectivity index (χ4n) is 1.13. The average molecular weight is 302 g/mol. The van der Waals surface area contributed by atoms with Crippen LogP contribution < -0.4 is 0 Å². The maximum atomic E-state index is 10.7. The van der Waals surface area contributed by atoms with E-state index in [1.54, 1.807) is 11.3 Å². The second-order valence-corrected chi connectivity index (χ2v) is 5.38. The van der Waals surface area contributed by atoms with Gasteiger partial charge in [-0.1, -0.05) is 11.8 Å². The Morgan fingerprint density at radius 1 is 1.56 bits per heavy atom. The van der Waals surface area contributed by atoms with E-state index in [2.05, 4.69) is 26.1 Å². The number of pyridine rings is 1. The molecule has 0 aliphatic heterocycles. The monoisotopic (exact) mass is 301 g/mol. The Balaban J connectivity index is 2.37. The molecule has 0 spiro atoms. The van der Waals surface area contributed by atoms with Gasteiger partial charge in [0, 0.05) is 10.7 Å². The van der Waals surface area contributed by atoms with Gasteiger partial charge in [0.25, 0.3) is 0 Å². The Morgan fingerprint density at radius 3 is 3.00 bits per heavy atom. The number of aromatic nitrogens is 3. The molecule has 84 valence electrons. The van der Waals surface area contributed by atoms with Crippen molar-refractivity contribution in [2.24, 2.45) is 0 Å². The molecule has 1 atom stereocenters. The van der Waals surface area contributed by atoms with Gasteiger partial charge in [0.1, 0.15) is 5.25 Å². The van der Waals surface area contributed by atoms with E-state index < -0.39 is 11.2 Å². The minimum Gasteiger partial charge on any atom is -0.480 e. The molecule has 2 rings (SSSR count). The molecule has 1 N–H and O–H groups in total. The first-order valence-corrected chi connectivity index (χ1v) is 6.15. The number of carbonyl (C=O) groups is 1. The van der Waals surface area contributed by atoms with E-state index in [9.17, 15) is 4.79 Å². The van der Waals surface area contributed by atoms with Gasteiger partial charge < -0.3 is 5.11 Å². The lowest BCUT2D eigenvalue weighted by Gasteiger charge is -2.03. The van der Waals surface area contributed by atoms with E-state index in [0.29, 0.717) is 10.8 Å². The van der Waals surface area contributed by atoms with Crippen LogP contribution in [0.25, 0.3) is 5.65 Å². The van der Waals surface area contributed by atoms with E-state index in [-0.39, 0.29) is 0 Å². The summed E-state index contributed by atoms with van der Waals surface area (Å²) >= 11 is 4.51. The molecule has 0 aliphatic carbocycles. The first-order valence-electron chi connectivity index (χ1n) is 4.47. The predicted molar refractivity (Wildman–Crippen MR) is 63.6 cm³/mol. The van der Waals surface area contributed by atoms with Gasteiger partial charge in [0.2, 0.25) is 0 Å². The van der Waals surface area contributed by atoms with Crippen LogP contribution in [0.15, 0.2) is 28.0 Å². The zero-order valence-corrected chi connectivity index (χ0v) is 10.7. The number of hydrogen-bond acceptors (Lipinski definition) is 4. The molecule has 0 aliphatic rings. The van der Waals surface area contributed by atoms with Gasteiger partial charge >= 0.3 is 5.97 Å². The van der Waals surface area contributed by atoms with Crippen molar-refractivity contribution in [1.29, 1.82) is 0 Å². The van der Waals surface area contributed by atoms with Gasteiger partial charge in [-0.15, -0.1) is 10.2 Å². The molecule has 5 nitrogen and oxygen atoms in total. The Hall–Kier alpha value is -1.08. The van der Waals surface area contributed by atoms with Crippen molar-refractivity contribution in [3.05, 3.63) is 22.8 Å². The summed E-state index contributed by atoms with van der Waals surface area (Å²) in [7, 11) is 0. The summed E-state index contributed by atoms with van der Waals surface area (Å²) in [4.78, 5) is 10.7. The summed E-state index contributed by atoms with van der Waals surface area (Å²) in [6, 6.07) is 3.67. The average Bonchev–Trinajstić information content (AvgIpc) is 2.61. The molecule has 16 heavy (non-hydrogen) atoms. The number of carboxylic acid groups (broad SMARTS) is 1. The molecule has 7 heteroatoms. The molecule has 0 radical (unpaired) electrons. The van der Waals surface area contributed by atoms with Crippen molar-refractivity contribution in [2.45, 2.75) is 17.3 Å². The van der Waals surface area contributed by atoms with Crippen LogP contribution >= 0.6 is 27.7 Å². The fourth-order valence-corrected chi connectivity index (χ4v) is 2.23. The highest BCUT2D eigenvalue weighted by Gasteiger charge is 2.16. The minimum atomic E-state index is -0.864. The second-order valence-electron chi connectivity index (χ2n) is 3.16. The Bertz CT molecular complexity index is 543. The summed E-state index contributed by atoms with van der Waals surface area (Å²) in [6.45, 7) is 1.62. The largest absolute Gasteiger partial charge is 0.480 e. The van der Waals surface area contributed by atoms with Crippen LogP contribution in [0.3, 0.4) is 0 Å². The van der Waals surface area contributed by atoms with Gasteiger partial charge in [-0.05, 0) is 35.0 Å². The van der Waals surface area contributed by atoms with Crippen LogP contribution in [0, 0.1) is 0 Å². The van der Waals surface area contributed by atoms with E-state index in [4.69, 9.17) is 5.11 Å². The van der Waals surface area contributed by atoms with E-state index in [1.165, 1.54) is 11.8 Å². The highest BCUT2D eigenvalue weighted by Crippen LogP contribution is 2.23. The van der Waals surface area contributed by atoms with Crippen LogP contribution in [0.2, 0.25) is 0 Å². The molecule has 0 amide bonds. The number of thioether (sulfide) groups is 1. The standard InChI is InChI=1S/C9H8BrN3O2S/c1-5(8(14)15)16-9-12-11-7-3-2-6(10)4-13(7)9/h2-5H,1H3,(H,14,15). The summed E-state index contributed by atoms with van der Waals surface area (Å²) in [5, 5.41) is 16.7. The molecule has 0 bridgehead atoms.